The molecule has 5 nitrogen and oxygen atoms in total. The first-order valence-corrected chi connectivity index (χ1v) is 6.65. The third-order valence-corrected chi connectivity index (χ3v) is 2.29. The lowest BCUT2D eigenvalue weighted by Crippen LogP contribution is -2.16. The van der Waals surface area contributed by atoms with Crippen molar-refractivity contribution in [3.05, 3.63) is 17.6 Å². The van der Waals surface area contributed by atoms with Crippen LogP contribution >= 0.6 is 0 Å². The summed E-state index contributed by atoms with van der Waals surface area (Å²) < 4.78 is 26.7. The van der Waals surface area contributed by atoms with Gasteiger partial charge in [0.1, 0.15) is 5.82 Å². The first-order chi connectivity index (χ1) is 7.08. The average Bonchev–Trinajstić information content (AvgIpc) is 1.97. The first-order valence-electron chi connectivity index (χ1n) is 4.83. The van der Waals surface area contributed by atoms with Crippen LogP contribution in [0.3, 0.4) is 0 Å². The van der Waals surface area contributed by atoms with Crippen LogP contribution < -0.4 is 4.18 Å². The third kappa shape index (κ3) is 3.77. The second kappa shape index (κ2) is 4.01. The number of hydrogen-bond donors (Lipinski definition) is 0. The lowest BCUT2D eigenvalue weighted by Gasteiger charge is -2.18. The highest BCUT2D eigenvalue weighted by atomic mass is 32.2. The molecule has 0 aromatic carbocycles. The summed E-state index contributed by atoms with van der Waals surface area (Å²) in [4.78, 5) is 8.17. The Kier molecular flexibility index (Phi) is 3.23. The Morgan fingerprint density at radius 2 is 1.81 bits per heavy atom. The molecule has 1 aromatic heterocycles. The summed E-state index contributed by atoms with van der Waals surface area (Å²) in [7, 11) is -3.55. The van der Waals surface area contributed by atoms with Gasteiger partial charge >= 0.3 is 10.1 Å². The van der Waals surface area contributed by atoms with E-state index in [0.717, 1.165) is 11.9 Å². The zero-order valence-corrected chi connectivity index (χ0v) is 10.9. The van der Waals surface area contributed by atoms with Crippen LogP contribution in [-0.2, 0) is 15.5 Å². The molecule has 0 aliphatic rings. The van der Waals surface area contributed by atoms with Gasteiger partial charge < -0.3 is 4.18 Å². The van der Waals surface area contributed by atoms with E-state index in [0.29, 0.717) is 5.82 Å². The van der Waals surface area contributed by atoms with Crippen molar-refractivity contribution in [2.75, 3.05) is 6.26 Å². The van der Waals surface area contributed by atoms with Gasteiger partial charge in [0.2, 0.25) is 5.88 Å². The Bertz CT molecular complexity index is 489. The maximum Gasteiger partial charge on any atom is 0.307 e. The average molecular weight is 244 g/mol. The number of aryl methyl sites for hydroxylation is 1. The summed E-state index contributed by atoms with van der Waals surface area (Å²) in [6, 6.07) is 1.55. The smallest absolute Gasteiger partial charge is 0.307 e. The van der Waals surface area contributed by atoms with Gasteiger partial charge in [-0.15, -0.1) is 0 Å². The lowest BCUT2D eigenvalue weighted by atomic mass is 9.92. The number of aromatic nitrogens is 2. The van der Waals surface area contributed by atoms with Crippen molar-refractivity contribution in [3.63, 3.8) is 0 Å². The van der Waals surface area contributed by atoms with E-state index in [1.54, 1.807) is 13.0 Å². The predicted molar refractivity (Wildman–Crippen MR) is 60.9 cm³/mol. The molecular formula is C10H16N2O3S. The minimum atomic E-state index is -3.55. The van der Waals surface area contributed by atoms with Crippen LogP contribution in [0.4, 0.5) is 0 Å². The number of rotatable bonds is 2. The second-order valence-electron chi connectivity index (χ2n) is 4.68. The quantitative estimate of drug-likeness (QED) is 0.736. The molecule has 0 saturated carbocycles. The van der Waals surface area contributed by atoms with Crippen molar-refractivity contribution >= 4 is 10.1 Å². The zero-order chi connectivity index (χ0) is 12.6. The van der Waals surface area contributed by atoms with Gasteiger partial charge in [0, 0.05) is 11.5 Å². The molecule has 16 heavy (non-hydrogen) atoms. The molecule has 0 saturated heterocycles. The van der Waals surface area contributed by atoms with Crippen LogP contribution in [0.15, 0.2) is 6.07 Å². The highest BCUT2D eigenvalue weighted by molar-refractivity contribution is 7.86. The van der Waals surface area contributed by atoms with E-state index in [4.69, 9.17) is 4.18 Å². The Morgan fingerprint density at radius 3 is 2.25 bits per heavy atom. The van der Waals surface area contributed by atoms with Gasteiger partial charge in [-0.05, 0) is 6.92 Å². The van der Waals surface area contributed by atoms with Crippen molar-refractivity contribution in [3.8, 4) is 5.88 Å². The Balaban J connectivity index is 3.19. The molecule has 0 atom stereocenters. The van der Waals surface area contributed by atoms with Gasteiger partial charge in [-0.3, -0.25) is 0 Å². The normalized spacial score (nSPS) is 12.6. The lowest BCUT2D eigenvalue weighted by molar-refractivity contribution is 0.475. The summed E-state index contributed by atoms with van der Waals surface area (Å²) in [5.74, 6) is 0.561. The fourth-order valence-corrected chi connectivity index (χ4v) is 1.52. The van der Waals surface area contributed by atoms with Crippen molar-refractivity contribution in [2.24, 2.45) is 0 Å². The van der Waals surface area contributed by atoms with E-state index >= 15 is 0 Å². The van der Waals surface area contributed by atoms with Crippen LogP contribution in [0.25, 0.3) is 0 Å². The Morgan fingerprint density at radius 1 is 1.25 bits per heavy atom. The van der Waals surface area contributed by atoms with Gasteiger partial charge in [0.25, 0.3) is 0 Å². The molecule has 1 aromatic rings. The second-order valence-corrected chi connectivity index (χ2v) is 6.25. The van der Waals surface area contributed by atoms with E-state index in [9.17, 15) is 8.42 Å². The van der Waals surface area contributed by atoms with Crippen LogP contribution in [0, 0.1) is 6.92 Å². The molecule has 0 aliphatic heterocycles. The van der Waals surface area contributed by atoms with Crippen LogP contribution in [0.5, 0.6) is 5.88 Å². The molecule has 0 unspecified atom stereocenters. The molecule has 90 valence electrons. The molecule has 1 heterocycles. The van der Waals surface area contributed by atoms with E-state index in [1.807, 2.05) is 20.8 Å². The Labute approximate surface area is 96.0 Å². The largest absolute Gasteiger partial charge is 0.362 e. The topological polar surface area (TPSA) is 69.2 Å². The molecule has 6 heteroatoms. The molecule has 0 spiro atoms. The molecule has 0 radical (unpaired) electrons. The third-order valence-electron chi connectivity index (χ3n) is 1.82. The predicted octanol–water partition coefficient (Wildman–Crippen LogP) is 1.42. The standard InChI is InChI=1S/C10H16N2O3S/c1-7-11-8(10(2,3)4)6-9(12-7)15-16(5,13)14/h6H,1-5H3. The van der Waals surface area contributed by atoms with E-state index < -0.39 is 10.1 Å². The summed E-state index contributed by atoms with van der Waals surface area (Å²) in [6.07, 6.45) is 0.987. The molecule has 0 aliphatic carbocycles. The molecule has 0 N–H and O–H groups in total. The SMILES string of the molecule is Cc1nc(OS(C)(=O)=O)cc(C(C)(C)C)n1. The van der Waals surface area contributed by atoms with Gasteiger partial charge in [0.15, 0.2) is 0 Å². The van der Waals surface area contributed by atoms with E-state index in [1.165, 1.54) is 0 Å². The minimum absolute atomic E-state index is 0.0694. The molecular weight excluding hydrogens is 228 g/mol. The van der Waals surface area contributed by atoms with Gasteiger partial charge in [-0.25, -0.2) is 4.98 Å². The summed E-state index contributed by atoms with van der Waals surface area (Å²) in [6.45, 7) is 7.65. The van der Waals surface area contributed by atoms with Crippen molar-refractivity contribution in [1.82, 2.24) is 9.97 Å². The fourth-order valence-electron chi connectivity index (χ4n) is 1.12. The summed E-state index contributed by atoms with van der Waals surface area (Å²) in [5.41, 5.74) is 0.571. The summed E-state index contributed by atoms with van der Waals surface area (Å²) in [5, 5.41) is 0. The molecule has 0 bridgehead atoms. The van der Waals surface area contributed by atoms with E-state index in [2.05, 4.69) is 9.97 Å². The zero-order valence-electron chi connectivity index (χ0n) is 10.1. The fraction of sp³-hybridized carbons (Fsp3) is 0.600. The highest BCUT2D eigenvalue weighted by Crippen LogP contribution is 2.23. The van der Waals surface area contributed by atoms with Crippen molar-refractivity contribution in [1.29, 1.82) is 0 Å². The van der Waals surface area contributed by atoms with Crippen molar-refractivity contribution < 1.29 is 12.6 Å². The highest BCUT2D eigenvalue weighted by Gasteiger charge is 2.18. The van der Waals surface area contributed by atoms with Crippen LogP contribution in [0.1, 0.15) is 32.3 Å². The molecule has 0 amide bonds. The molecule has 1 rings (SSSR count). The first kappa shape index (κ1) is 12.9. The number of hydrogen-bond acceptors (Lipinski definition) is 5. The minimum Gasteiger partial charge on any atom is -0.362 e. The van der Waals surface area contributed by atoms with Crippen molar-refractivity contribution in [2.45, 2.75) is 33.1 Å². The Hall–Kier alpha value is -1.17. The van der Waals surface area contributed by atoms with E-state index in [-0.39, 0.29) is 11.3 Å². The monoisotopic (exact) mass is 244 g/mol. The van der Waals surface area contributed by atoms with Gasteiger partial charge in [-0.1, -0.05) is 20.8 Å². The van der Waals surface area contributed by atoms with Crippen LogP contribution in [0.2, 0.25) is 0 Å². The molecule has 0 fully saturated rings. The van der Waals surface area contributed by atoms with Crippen LogP contribution in [-0.4, -0.2) is 24.6 Å². The van der Waals surface area contributed by atoms with Gasteiger partial charge in [-0.2, -0.15) is 13.4 Å². The maximum absolute atomic E-state index is 11.0. The van der Waals surface area contributed by atoms with Gasteiger partial charge in [0.05, 0.1) is 11.9 Å². The summed E-state index contributed by atoms with van der Waals surface area (Å²) >= 11 is 0. The maximum atomic E-state index is 11.0. The number of nitrogens with zero attached hydrogens (tertiary/aromatic N) is 2.